The van der Waals surface area contributed by atoms with Crippen molar-refractivity contribution in [3.63, 3.8) is 0 Å². The summed E-state index contributed by atoms with van der Waals surface area (Å²) >= 11 is 0. The number of carbonyl (C=O) groups is 1. The fourth-order valence-corrected chi connectivity index (χ4v) is 2.57. The third kappa shape index (κ3) is 3.74. The van der Waals surface area contributed by atoms with Gasteiger partial charge in [-0.25, -0.2) is 14.2 Å². The number of nitrogens with one attached hydrogen (secondary N) is 2. The molecule has 2 amide bonds. The Morgan fingerprint density at radius 2 is 2.20 bits per heavy atom. The number of urea groups is 1. The number of amides is 2. The van der Waals surface area contributed by atoms with E-state index in [1.165, 1.54) is 24.4 Å². The van der Waals surface area contributed by atoms with Crippen LogP contribution in [0.5, 0.6) is 0 Å². The number of benzene rings is 1. The average molecular weight is 343 g/mol. The molecule has 1 atom stereocenters. The van der Waals surface area contributed by atoms with Crippen LogP contribution >= 0.6 is 0 Å². The largest absolute Gasteiger partial charge is 0.387 e. The van der Waals surface area contributed by atoms with Crippen LogP contribution in [-0.4, -0.2) is 32.4 Å². The summed E-state index contributed by atoms with van der Waals surface area (Å²) in [5, 5.41) is 20.3. The van der Waals surface area contributed by atoms with Gasteiger partial charge in [-0.05, 0) is 30.7 Å². The van der Waals surface area contributed by atoms with Crippen molar-refractivity contribution < 1.29 is 14.3 Å². The van der Waals surface area contributed by atoms with E-state index < -0.39 is 18.0 Å². The molecule has 0 radical (unpaired) electrons. The predicted molar refractivity (Wildman–Crippen MR) is 91.6 cm³/mol. The smallest absolute Gasteiger partial charge is 0.319 e. The molecular formula is C17H18FN5O2. The molecule has 0 spiro atoms. The number of nitrogens with zero attached hydrogens (tertiary/aromatic N) is 3. The van der Waals surface area contributed by atoms with Crippen LogP contribution in [0.2, 0.25) is 0 Å². The van der Waals surface area contributed by atoms with Crippen molar-refractivity contribution in [2.45, 2.75) is 13.0 Å². The van der Waals surface area contributed by atoms with Crippen molar-refractivity contribution in [2.75, 3.05) is 11.9 Å². The Hall–Kier alpha value is -3.00. The minimum Gasteiger partial charge on any atom is -0.387 e. The number of pyridine rings is 1. The second kappa shape index (κ2) is 6.86. The molecule has 0 unspecified atom stereocenters. The minimum absolute atomic E-state index is 0.0448. The number of aliphatic hydroxyl groups is 1. The number of aryl methyl sites for hydroxylation is 2. The number of fused-ring (bicyclic) bond motifs is 1. The first-order valence-corrected chi connectivity index (χ1v) is 7.72. The fraction of sp³-hybridized carbons (Fsp3) is 0.235. The zero-order valence-corrected chi connectivity index (χ0v) is 13.8. The van der Waals surface area contributed by atoms with Gasteiger partial charge in [-0.1, -0.05) is 12.1 Å². The van der Waals surface area contributed by atoms with Gasteiger partial charge in [0.2, 0.25) is 0 Å². The predicted octanol–water partition coefficient (Wildman–Crippen LogP) is 2.27. The van der Waals surface area contributed by atoms with Crippen LogP contribution in [0.4, 0.5) is 14.9 Å². The SMILES string of the molecule is Cc1nn(C)c2ncc(NC(=O)NC[C@@H](O)c3cccc(F)c3)cc12. The monoisotopic (exact) mass is 343 g/mol. The fourth-order valence-electron chi connectivity index (χ4n) is 2.57. The third-order valence-electron chi connectivity index (χ3n) is 3.81. The Kier molecular flexibility index (Phi) is 4.62. The molecule has 3 rings (SSSR count). The summed E-state index contributed by atoms with van der Waals surface area (Å²) in [4.78, 5) is 16.3. The van der Waals surface area contributed by atoms with Crippen molar-refractivity contribution in [2.24, 2.45) is 7.05 Å². The molecule has 25 heavy (non-hydrogen) atoms. The van der Waals surface area contributed by atoms with E-state index in [1.54, 1.807) is 23.9 Å². The molecule has 0 aliphatic heterocycles. The summed E-state index contributed by atoms with van der Waals surface area (Å²) < 4.78 is 14.8. The molecule has 3 N–H and O–H groups in total. The van der Waals surface area contributed by atoms with Crippen molar-refractivity contribution in [1.82, 2.24) is 20.1 Å². The lowest BCUT2D eigenvalue weighted by molar-refractivity contribution is 0.174. The molecule has 2 heterocycles. The maximum atomic E-state index is 13.2. The van der Waals surface area contributed by atoms with Crippen LogP contribution in [-0.2, 0) is 7.05 Å². The number of hydrogen-bond acceptors (Lipinski definition) is 4. The van der Waals surface area contributed by atoms with Gasteiger partial charge in [-0.3, -0.25) is 4.68 Å². The van der Waals surface area contributed by atoms with Crippen molar-refractivity contribution in [3.05, 3.63) is 53.6 Å². The summed E-state index contributed by atoms with van der Waals surface area (Å²) in [6.07, 6.45) is 0.536. The lowest BCUT2D eigenvalue weighted by atomic mass is 10.1. The molecule has 0 saturated heterocycles. The van der Waals surface area contributed by atoms with Crippen LogP contribution in [0.15, 0.2) is 36.5 Å². The normalized spacial score (nSPS) is 12.2. The highest BCUT2D eigenvalue weighted by Gasteiger charge is 2.12. The van der Waals surface area contributed by atoms with Gasteiger partial charge < -0.3 is 15.7 Å². The summed E-state index contributed by atoms with van der Waals surface area (Å²) in [5.41, 5.74) is 2.45. The van der Waals surface area contributed by atoms with E-state index in [1.807, 2.05) is 6.92 Å². The van der Waals surface area contributed by atoms with Gasteiger partial charge in [-0.15, -0.1) is 0 Å². The van der Waals surface area contributed by atoms with Gasteiger partial charge in [-0.2, -0.15) is 5.10 Å². The average Bonchev–Trinajstić information content (AvgIpc) is 2.86. The molecule has 0 saturated carbocycles. The Morgan fingerprint density at radius 3 is 2.96 bits per heavy atom. The van der Waals surface area contributed by atoms with E-state index in [-0.39, 0.29) is 6.54 Å². The Labute approximate surface area is 143 Å². The molecular weight excluding hydrogens is 325 g/mol. The first-order chi connectivity index (χ1) is 11.9. The topological polar surface area (TPSA) is 92.1 Å². The molecule has 0 aliphatic carbocycles. The van der Waals surface area contributed by atoms with Gasteiger partial charge in [0.15, 0.2) is 5.65 Å². The lowest BCUT2D eigenvalue weighted by Crippen LogP contribution is -2.32. The highest BCUT2D eigenvalue weighted by Crippen LogP contribution is 2.19. The summed E-state index contributed by atoms with van der Waals surface area (Å²) in [7, 11) is 1.80. The second-order valence-corrected chi connectivity index (χ2v) is 5.71. The number of carbonyl (C=O) groups excluding carboxylic acids is 1. The number of anilines is 1. The van der Waals surface area contributed by atoms with E-state index in [0.29, 0.717) is 11.3 Å². The molecule has 8 heteroatoms. The summed E-state index contributed by atoms with van der Waals surface area (Å²) in [6.45, 7) is 1.82. The molecule has 130 valence electrons. The van der Waals surface area contributed by atoms with Gasteiger partial charge in [0, 0.05) is 19.0 Å². The van der Waals surface area contributed by atoms with Gasteiger partial charge in [0.25, 0.3) is 0 Å². The van der Waals surface area contributed by atoms with Crippen molar-refractivity contribution >= 4 is 22.8 Å². The Bertz CT molecular complexity index is 925. The van der Waals surface area contributed by atoms with Gasteiger partial charge in [0.05, 0.1) is 23.7 Å². The highest BCUT2D eigenvalue weighted by atomic mass is 19.1. The van der Waals surface area contributed by atoms with E-state index in [9.17, 15) is 14.3 Å². The zero-order valence-electron chi connectivity index (χ0n) is 13.8. The standard InChI is InChI=1S/C17H18FN5O2/c1-10-14-7-13(8-19-16(14)23(2)22-10)21-17(25)20-9-15(24)11-4-3-5-12(18)6-11/h3-8,15,24H,9H2,1-2H3,(H2,20,21,25)/t15-/m1/s1. The van der Waals surface area contributed by atoms with E-state index in [4.69, 9.17) is 0 Å². The maximum Gasteiger partial charge on any atom is 0.319 e. The van der Waals surface area contributed by atoms with Crippen LogP contribution < -0.4 is 10.6 Å². The Balaban J connectivity index is 1.62. The minimum atomic E-state index is -0.998. The van der Waals surface area contributed by atoms with Crippen LogP contribution in [0.3, 0.4) is 0 Å². The van der Waals surface area contributed by atoms with Gasteiger partial charge >= 0.3 is 6.03 Å². The first-order valence-electron chi connectivity index (χ1n) is 7.72. The summed E-state index contributed by atoms with van der Waals surface area (Å²) in [5.74, 6) is -0.438. The molecule has 3 aromatic rings. The van der Waals surface area contributed by atoms with Crippen LogP contribution in [0, 0.1) is 12.7 Å². The van der Waals surface area contributed by atoms with E-state index in [2.05, 4.69) is 20.7 Å². The third-order valence-corrected chi connectivity index (χ3v) is 3.81. The number of aromatic nitrogens is 3. The number of rotatable bonds is 4. The number of aliphatic hydroxyl groups excluding tert-OH is 1. The first kappa shape index (κ1) is 16.8. The van der Waals surface area contributed by atoms with Crippen LogP contribution in [0.1, 0.15) is 17.4 Å². The van der Waals surface area contributed by atoms with Gasteiger partial charge in [0.1, 0.15) is 5.82 Å². The molecule has 0 bridgehead atoms. The second-order valence-electron chi connectivity index (χ2n) is 5.71. The van der Waals surface area contributed by atoms with Crippen molar-refractivity contribution in [3.8, 4) is 0 Å². The summed E-state index contributed by atoms with van der Waals surface area (Å²) in [6, 6.07) is 6.92. The molecule has 1 aromatic carbocycles. The van der Waals surface area contributed by atoms with Crippen LogP contribution in [0.25, 0.3) is 11.0 Å². The van der Waals surface area contributed by atoms with E-state index in [0.717, 1.165) is 16.7 Å². The number of halogens is 1. The molecule has 7 nitrogen and oxygen atoms in total. The molecule has 0 aliphatic rings. The highest BCUT2D eigenvalue weighted by molar-refractivity contribution is 5.92. The van der Waals surface area contributed by atoms with Crippen molar-refractivity contribution in [1.29, 1.82) is 0 Å². The quantitative estimate of drug-likeness (QED) is 0.678. The number of hydrogen-bond donors (Lipinski definition) is 3. The zero-order chi connectivity index (χ0) is 18.0. The Morgan fingerprint density at radius 1 is 1.40 bits per heavy atom. The molecule has 0 fully saturated rings. The molecule has 2 aromatic heterocycles. The van der Waals surface area contributed by atoms with E-state index >= 15 is 0 Å². The lowest BCUT2D eigenvalue weighted by Gasteiger charge is -2.13. The maximum absolute atomic E-state index is 13.2.